The molecule has 3 rings (SSSR count). The fourth-order valence-corrected chi connectivity index (χ4v) is 3.59. The van der Waals surface area contributed by atoms with Crippen LogP contribution in [0.5, 0.6) is 0 Å². The average Bonchev–Trinajstić information content (AvgIpc) is 2.61. The van der Waals surface area contributed by atoms with E-state index >= 15 is 0 Å². The van der Waals surface area contributed by atoms with Crippen molar-refractivity contribution in [2.24, 2.45) is 0 Å². The standard InChI is InChI=1S/C18H18N2O4S/c1-25(23,24)16-7-8-17(18(13-16)20(21)22)19-11-9-15(10-12-19)14-5-3-2-4-6-14/h2-9,13H,10-12H2,1H3. The molecule has 0 aliphatic carbocycles. The van der Waals surface area contributed by atoms with E-state index in [1.165, 1.54) is 17.7 Å². The van der Waals surface area contributed by atoms with Crippen molar-refractivity contribution < 1.29 is 13.3 Å². The van der Waals surface area contributed by atoms with Crippen LogP contribution >= 0.6 is 0 Å². The van der Waals surface area contributed by atoms with Crippen LogP contribution in [0.3, 0.4) is 0 Å². The number of anilines is 1. The molecule has 0 spiro atoms. The van der Waals surface area contributed by atoms with Crippen molar-refractivity contribution in [3.63, 3.8) is 0 Å². The molecule has 130 valence electrons. The zero-order valence-electron chi connectivity index (χ0n) is 13.8. The van der Waals surface area contributed by atoms with E-state index in [2.05, 4.69) is 6.08 Å². The molecule has 0 unspecified atom stereocenters. The smallest absolute Gasteiger partial charge is 0.293 e. The lowest BCUT2D eigenvalue weighted by atomic mass is 9.99. The monoisotopic (exact) mass is 358 g/mol. The highest BCUT2D eigenvalue weighted by Gasteiger charge is 2.24. The summed E-state index contributed by atoms with van der Waals surface area (Å²) in [6, 6.07) is 14.1. The number of sulfone groups is 1. The molecular weight excluding hydrogens is 340 g/mol. The molecule has 2 aromatic rings. The second-order valence-electron chi connectivity index (χ2n) is 5.97. The van der Waals surface area contributed by atoms with Gasteiger partial charge in [-0.2, -0.15) is 0 Å². The van der Waals surface area contributed by atoms with Crippen molar-refractivity contribution in [3.05, 3.63) is 70.3 Å². The summed E-state index contributed by atoms with van der Waals surface area (Å²) in [7, 11) is -3.49. The third-order valence-electron chi connectivity index (χ3n) is 4.27. The van der Waals surface area contributed by atoms with Crippen molar-refractivity contribution in [1.82, 2.24) is 0 Å². The topological polar surface area (TPSA) is 80.5 Å². The summed E-state index contributed by atoms with van der Waals surface area (Å²) in [6.45, 7) is 1.18. The lowest BCUT2D eigenvalue weighted by Gasteiger charge is -2.28. The van der Waals surface area contributed by atoms with E-state index in [4.69, 9.17) is 0 Å². The van der Waals surface area contributed by atoms with Crippen molar-refractivity contribution in [3.8, 4) is 0 Å². The quantitative estimate of drug-likeness (QED) is 0.619. The predicted molar refractivity (Wildman–Crippen MR) is 97.5 cm³/mol. The Hall–Kier alpha value is -2.67. The van der Waals surface area contributed by atoms with Gasteiger partial charge in [0, 0.05) is 25.4 Å². The maximum absolute atomic E-state index is 11.6. The molecule has 1 aliphatic rings. The minimum atomic E-state index is -3.49. The van der Waals surface area contributed by atoms with Gasteiger partial charge in [0.2, 0.25) is 0 Å². The molecule has 0 saturated carbocycles. The van der Waals surface area contributed by atoms with Crippen molar-refractivity contribution >= 4 is 26.8 Å². The van der Waals surface area contributed by atoms with Crippen LogP contribution in [0, 0.1) is 10.1 Å². The summed E-state index contributed by atoms with van der Waals surface area (Å²) in [5.74, 6) is 0. The van der Waals surface area contributed by atoms with Gasteiger partial charge in [0.25, 0.3) is 5.69 Å². The molecule has 0 radical (unpaired) electrons. The number of rotatable bonds is 4. The van der Waals surface area contributed by atoms with Crippen LogP contribution in [0.15, 0.2) is 59.5 Å². The van der Waals surface area contributed by atoms with Gasteiger partial charge in [-0.05, 0) is 29.7 Å². The molecular formula is C18H18N2O4S. The van der Waals surface area contributed by atoms with Crippen LogP contribution in [0.25, 0.3) is 5.57 Å². The Balaban J connectivity index is 1.91. The Kier molecular flexibility index (Phi) is 4.59. The lowest BCUT2D eigenvalue weighted by Crippen LogP contribution is -2.28. The SMILES string of the molecule is CS(=O)(=O)c1ccc(N2CC=C(c3ccccc3)CC2)c([N+](=O)[O-])c1. The zero-order chi connectivity index (χ0) is 18.0. The molecule has 0 N–H and O–H groups in total. The van der Waals surface area contributed by atoms with E-state index in [-0.39, 0.29) is 10.6 Å². The molecule has 1 aliphatic heterocycles. The third kappa shape index (κ3) is 3.71. The van der Waals surface area contributed by atoms with Gasteiger partial charge in [-0.25, -0.2) is 8.42 Å². The van der Waals surface area contributed by atoms with Crippen LogP contribution < -0.4 is 4.90 Å². The highest BCUT2D eigenvalue weighted by atomic mass is 32.2. The molecule has 0 atom stereocenters. The first kappa shape index (κ1) is 17.2. The lowest BCUT2D eigenvalue weighted by molar-refractivity contribution is -0.384. The molecule has 7 heteroatoms. The average molecular weight is 358 g/mol. The number of hydrogen-bond acceptors (Lipinski definition) is 5. The van der Waals surface area contributed by atoms with E-state index in [9.17, 15) is 18.5 Å². The van der Waals surface area contributed by atoms with E-state index in [1.807, 2.05) is 35.2 Å². The summed E-state index contributed by atoms with van der Waals surface area (Å²) in [6.07, 6.45) is 3.88. The second kappa shape index (κ2) is 6.68. The number of benzene rings is 2. The van der Waals surface area contributed by atoms with Gasteiger partial charge in [0.1, 0.15) is 5.69 Å². The Morgan fingerprint density at radius 3 is 2.40 bits per heavy atom. The van der Waals surface area contributed by atoms with Crippen LogP contribution in [-0.2, 0) is 9.84 Å². The summed E-state index contributed by atoms with van der Waals surface area (Å²) < 4.78 is 23.3. The molecule has 6 nitrogen and oxygen atoms in total. The summed E-state index contributed by atoms with van der Waals surface area (Å²) in [5, 5.41) is 11.4. The normalized spacial score (nSPS) is 14.9. The second-order valence-corrected chi connectivity index (χ2v) is 7.99. The highest BCUT2D eigenvalue weighted by Crippen LogP contribution is 2.33. The van der Waals surface area contributed by atoms with Gasteiger partial charge >= 0.3 is 0 Å². The molecule has 1 heterocycles. The maximum Gasteiger partial charge on any atom is 0.293 e. The molecule has 0 amide bonds. The number of nitro benzene ring substituents is 1. The van der Waals surface area contributed by atoms with E-state index in [0.717, 1.165) is 24.3 Å². The minimum absolute atomic E-state index is 0.0412. The fourth-order valence-electron chi connectivity index (χ4n) is 2.95. The van der Waals surface area contributed by atoms with Gasteiger partial charge in [-0.15, -0.1) is 0 Å². The fraction of sp³-hybridized carbons (Fsp3) is 0.222. The largest absolute Gasteiger partial charge is 0.362 e. The molecule has 2 aromatic carbocycles. The van der Waals surface area contributed by atoms with Crippen LogP contribution in [0.1, 0.15) is 12.0 Å². The van der Waals surface area contributed by atoms with Crippen molar-refractivity contribution in [2.75, 3.05) is 24.2 Å². The van der Waals surface area contributed by atoms with Gasteiger partial charge in [-0.3, -0.25) is 10.1 Å². The first-order valence-corrected chi connectivity index (χ1v) is 9.73. The minimum Gasteiger partial charge on any atom is -0.362 e. The van der Waals surface area contributed by atoms with Crippen molar-refractivity contribution in [1.29, 1.82) is 0 Å². The summed E-state index contributed by atoms with van der Waals surface area (Å²) in [5.41, 5.74) is 2.64. The molecule has 25 heavy (non-hydrogen) atoms. The summed E-state index contributed by atoms with van der Waals surface area (Å²) in [4.78, 5) is 12.7. The maximum atomic E-state index is 11.6. The van der Waals surface area contributed by atoms with Crippen LogP contribution in [0.2, 0.25) is 0 Å². The van der Waals surface area contributed by atoms with Crippen LogP contribution in [0.4, 0.5) is 11.4 Å². The van der Waals surface area contributed by atoms with Crippen molar-refractivity contribution in [2.45, 2.75) is 11.3 Å². The molecule has 0 fully saturated rings. The Morgan fingerprint density at radius 2 is 1.84 bits per heavy atom. The number of nitrogens with zero attached hydrogens (tertiary/aromatic N) is 2. The van der Waals surface area contributed by atoms with E-state index < -0.39 is 14.8 Å². The van der Waals surface area contributed by atoms with E-state index in [1.54, 1.807) is 0 Å². The molecule has 0 aromatic heterocycles. The van der Waals surface area contributed by atoms with Gasteiger partial charge in [0.15, 0.2) is 9.84 Å². The third-order valence-corrected chi connectivity index (χ3v) is 5.38. The predicted octanol–water partition coefficient (Wildman–Crippen LogP) is 3.29. The summed E-state index contributed by atoms with van der Waals surface area (Å²) >= 11 is 0. The van der Waals surface area contributed by atoms with Crippen LogP contribution in [-0.4, -0.2) is 32.7 Å². The number of hydrogen-bond donors (Lipinski definition) is 0. The Bertz CT molecular complexity index is 937. The van der Waals surface area contributed by atoms with E-state index in [0.29, 0.717) is 18.8 Å². The van der Waals surface area contributed by atoms with Gasteiger partial charge in [-0.1, -0.05) is 36.4 Å². The Labute approximate surface area is 146 Å². The highest BCUT2D eigenvalue weighted by molar-refractivity contribution is 7.90. The zero-order valence-corrected chi connectivity index (χ0v) is 14.6. The first-order chi connectivity index (χ1) is 11.9. The Morgan fingerprint density at radius 1 is 1.12 bits per heavy atom. The number of nitro groups is 1. The first-order valence-electron chi connectivity index (χ1n) is 7.84. The van der Waals surface area contributed by atoms with Gasteiger partial charge < -0.3 is 4.90 Å². The molecule has 0 bridgehead atoms. The molecule has 0 saturated heterocycles. The van der Waals surface area contributed by atoms with Gasteiger partial charge in [0.05, 0.1) is 9.82 Å².